The number of hydrogen-bond donors (Lipinski definition) is 2. The van der Waals surface area contributed by atoms with Crippen molar-refractivity contribution in [3.63, 3.8) is 0 Å². The minimum atomic E-state index is -3.13. The Morgan fingerprint density at radius 1 is 1.12 bits per heavy atom. The van der Waals surface area contributed by atoms with E-state index in [1.165, 1.54) is 4.90 Å². The number of carbonyl (C=O) groups is 1. The number of halogens is 2. The number of benzene rings is 1. The molecule has 0 radical (unpaired) electrons. The van der Waals surface area contributed by atoms with Gasteiger partial charge in [-0.15, -0.1) is 0 Å². The number of anilines is 3. The highest BCUT2D eigenvalue weighted by atomic mass is 19.3. The monoisotopic (exact) mass is 664 g/mol. The van der Waals surface area contributed by atoms with E-state index in [-0.39, 0.29) is 19.2 Å². The van der Waals surface area contributed by atoms with Gasteiger partial charge in [-0.25, -0.2) is 18.7 Å². The topological polar surface area (TPSA) is 149 Å². The molecule has 0 bridgehead atoms. The van der Waals surface area contributed by atoms with Gasteiger partial charge in [0.15, 0.2) is 6.10 Å². The van der Waals surface area contributed by atoms with Crippen molar-refractivity contribution in [3.8, 4) is 29.0 Å². The van der Waals surface area contributed by atoms with Crippen LogP contribution in [-0.2, 0) is 9.53 Å². The van der Waals surface area contributed by atoms with Gasteiger partial charge >= 0.3 is 0 Å². The number of nitrogens with zero attached hydrogens (tertiary/aromatic N) is 7. The number of carbonyl (C=O) groups excluding carboxylic acids is 1. The second kappa shape index (κ2) is 14.6. The maximum Gasteiger partial charge on any atom is 0.273 e. The van der Waals surface area contributed by atoms with Crippen molar-refractivity contribution < 1.29 is 32.9 Å². The van der Waals surface area contributed by atoms with Gasteiger partial charge in [0.25, 0.3) is 12.3 Å². The number of nitrogens with one attached hydrogen (secondary N) is 1. The third kappa shape index (κ3) is 7.25. The second-order valence-electron chi connectivity index (χ2n) is 12.1. The number of methoxy groups -OCH3 is 1. The van der Waals surface area contributed by atoms with Gasteiger partial charge in [0.05, 0.1) is 37.6 Å². The number of hydrogen-bond acceptors (Lipinski definition) is 12. The SMILES string of the molecule is COc1nc(Nc2nccc(-c3ccc(OC4CCN(C(=O)[C@@H](O)C(F)F)CC4)c(C#N)c3)n2)ccc1N1CCN(C2COC2)[C@@H](C)C1. The van der Waals surface area contributed by atoms with Crippen molar-refractivity contribution in [3.05, 3.63) is 48.2 Å². The molecule has 0 unspecified atom stereocenters. The van der Waals surface area contributed by atoms with Crippen LogP contribution in [0.5, 0.6) is 11.6 Å². The minimum Gasteiger partial charge on any atom is -0.489 e. The fourth-order valence-corrected chi connectivity index (χ4v) is 6.28. The molecule has 3 saturated heterocycles. The van der Waals surface area contributed by atoms with Crippen LogP contribution >= 0.6 is 0 Å². The van der Waals surface area contributed by atoms with E-state index in [1.807, 2.05) is 12.1 Å². The fourth-order valence-electron chi connectivity index (χ4n) is 6.28. The molecule has 13 nitrogen and oxygen atoms in total. The van der Waals surface area contributed by atoms with Crippen LogP contribution in [0.4, 0.5) is 26.2 Å². The van der Waals surface area contributed by atoms with E-state index >= 15 is 0 Å². The van der Waals surface area contributed by atoms with E-state index in [1.54, 1.807) is 37.6 Å². The molecule has 1 aromatic carbocycles. The standard InChI is InChI=1S/C33H38F2N8O5/c1-20-17-42(13-14-43(20)23-18-47-19-23)26-4-6-28(39-31(26)46-2)40-33-37-10-7-25(38-33)21-3-5-27(22(15-21)16-36)48-24-8-11-41(12-9-24)32(45)29(44)30(34)35/h3-7,10,15,20,23-24,29-30,44H,8-9,11-14,17-19H2,1-2H3,(H,37,38,39,40)/t20-,29-/m0/s1. The van der Waals surface area contributed by atoms with Crippen LogP contribution in [0.25, 0.3) is 11.3 Å². The van der Waals surface area contributed by atoms with Crippen molar-refractivity contribution in [2.75, 3.05) is 63.3 Å². The van der Waals surface area contributed by atoms with Gasteiger partial charge in [-0.2, -0.15) is 10.2 Å². The molecule has 3 fully saturated rings. The Kier molecular flexibility index (Phi) is 10.1. The first kappa shape index (κ1) is 33.3. The van der Waals surface area contributed by atoms with Crippen LogP contribution in [0.15, 0.2) is 42.6 Å². The average molecular weight is 665 g/mol. The van der Waals surface area contributed by atoms with Crippen molar-refractivity contribution in [1.82, 2.24) is 24.8 Å². The van der Waals surface area contributed by atoms with Crippen molar-refractivity contribution >= 4 is 23.4 Å². The van der Waals surface area contributed by atoms with E-state index in [0.717, 1.165) is 38.5 Å². The molecule has 6 rings (SSSR count). The van der Waals surface area contributed by atoms with Crippen molar-refractivity contribution in [2.24, 2.45) is 0 Å². The van der Waals surface area contributed by atoms with E-state index < -0.39 is 18.4 Å². The molecule has 254 valence electrons. The van der Waals surface area contributed by atoms with Crippen LogP contribution < -0.4 is 19.7 Å². The average Bonchev–Trinajstić information content (AvgIpc) is 3.08. The lowest BCUT2D eigenvalue weighted by atomic mass is 10.1. The Morgan fingerprint density at radius 2 is 1.92 bits per heavy atom. The molecule has 2 atom stereocenters. The Labute approximate surface area is 277 Å². The molecule has 0 aliphatic carbocycles. The molecule has 48 heavy (non-hydrogen) atoms. The van der Waals surface area contributed by atoms with Gasteiger partial charge in [-0.05, 0) is 43.3 Å². The van der Waals surface area contributed by atoms with E-state index in [0.29, 0.717) is 65.1 Å². The largest absolute Gasteiger partial charge is 0.489 e. The third-order valence-corrected chi connectivity index (χ3v) is 8.97. The molecular weight excluding hydrogens is 626 g/mol. The number of nitriles is 1. The maximum absolute atomic E-state index is 12.7. The lowest BCUT2D eigenvalue weighted by molar-refractivity contribution is -0.150. The number of aliphatic hydroxyl groups excluding tert-OH is 1. The molecule has 2 aromatic heterocycles. The number of rotatable bonds is 10. The lowest BCUT2D eigenvalue weighted by Gasteiger charge is -2.47. The number of pyridine rings is 1. The lowest BCUT2D eigenvalue weighted by Crippen LogP contribution is -2.60. The van der Waals surface area contributed by atoms with E-state index in [2.05, 4.69) is 43.1 Å². The van der Waals surface area contributed by atoms with Gasteiger partial charge in [0, 0.05) is 63.4 Å². The van der Waals surface area contributed by atoms with Gasteiger partial charge in [0.1, 0.15) is 29.4 Å². The zero-order valence-corrected chi connectivity index (χ0v) is 26.8. The summed E-state index contributed by atoms with van der Waals surface area (Å²) in [6.45, 7) is 6.82. The smallest absolute Gasteiger partial charge is 0.273 e. The molecule has 3 aliphatic rings. The number of aromatic nitrogens is 3. The summed E-state index contributed by atoms with van der Waals surface area (Å²) in [7, 11) is 1.60. The number of alkyl halides is 2. The highest BCUT2D eigenvalue weighted by Gasteiger charge is 2.35. The number of ether oxygens (including phenoxy) is 3. The zero-order chi connectivity index (χ0) is 33.8. The molecule has 3 aromatic rings. The second-order valence-corrected chi connectivity index (χ2v) is 12.1. The van der Waals surface area contributed by atoms with Gasteiger partial charge in [0.2, 0.25) is 11.8 Å². The summed E-state index contributed by atoms with van der Waals surface area (Å²) in [6, 6.07) is 13.8. The zero-order valence-electron chi connectivity index (χ0n) is 26.8. The molecule has 5 heterocycles. The quantitative estimate of drug-likeness (QED) is 0.328. The molecule has 15 heteroatoms. The minimum absolute atomic E-state index is 0.167. The van der Waals surface area contributed by atoms with E-state index in [9.17, 15) is 23.9 Å². The number of piperazine rings is 1. The molecule has 0 spiro atoms. The molecule has 3 aliphatic heterocycles. The Morgan fingerprint density at radius 3 is 2.58 bits per heavy atom. The van der Waals surface area contributed by atoms with Crippen LogP contribution in [0.2, 0.25) is 0 Å². The summed E-state index contributed by atoms with van der Waals surface area (Å²) in [5, 5.41) is 22.4. The van der Waals surface area contributed by atoms with Gasteiger partial charge in [-0.1, -0.05) is 0 Å². The predicted molar refractivity (Wildman–Crippen MR) is 171 cm³/mol. The summed E-state index contributed by atoms with van der Waals surface area (Å²) in [4.78, 5) is 31.7. The summed E-state index contributed by atoms with van der Waals surface area (Å²) in [5.74, 6) is 0.715. The number of amides is 1. The Balaban J connectivity index is 1.09. The first-order chi connectivity index (χ1) is 23.2. The van der Waals surface area contributed by atoms with Crippen LogP contribution in [0, 0.1) is 11.3 Å². The summed E-state index contributed by atoms with van der Waals surface area (Å²) < 4.78 is 42.6. The number of likely N-dealkylation sites (tertiary alicyclic amines) is 1. The van der Waals surface area contributed by atoms with Crippen LogP contribution in [0.1, 0.15) is 25.3 Å². The molecule has 2 N–H and O–H groups in total. The Hall–Kier alpha value is -4.65. The molecule has 0 saturated carbocycles. The summed E-state index contributed by atoms with van der Waals surface area (Å²) in [6.07, 6.45) is -3.42. The predicted octanol–water partition coefficient (Wildman–Crippen LogP) is 3.07. The highest BCUT2D eigenvalue weighted by Crippen LogP contribution is 2.32. The number of piperidine rings is 1. The van der Waals surface area contributed by atoms with Gasteiger partial charge < -0.3 is 34.4 Å². The van der Waals surface area contributed by atoms with Crippen molar-refractivity contribution in [2.45, 2.75) is 50.5 Å². The van der Waals surface area contributed by atoms with E-state index in [4.69, 9.17) is 14.2 Å². The summed E-state index contributed by atoms with van der Waals surface area (Å²) >= 11 is 0. The first-order valence-electron chi connectivity index (χ1n) is 15.9. The molecular formula is C33H38F2N8O5. The summed E-state index contributed by atoms with van der Waals surface area (Å²) in [5.41, 5.74) is 2.47. The van der Waals surface area contributed by atoms with Crippen LogP contribution in [-0.4, -0.2) is 120 Å². The fraction of sp³-hybridized carbons (Fsp3) is 0.485. The van der Waals surface area contributed by atoms with Crippen LogP contribution in [0.3, 0.4) is 0 Å². The maximum atomic E-state index is 12.7. The Bertz CT molecular complexity index is 1650. The van der Waals surface area contributed by atoms with Crippen molar-refractivity contribution in [1.29, 1.82) is 5.26 Å². The highest BCUT2D eigenvalue weighted by molar-refractivity contribution is 5.81. The third-order valence-electron chi connectivity index (χ3n) is 8.97. The first-order valence-corrected chi connectivity index (χ1v) is 15.9. The van der Waals surface area contributed by atoms with Gasteiger partial charge in [-0.3, -0.25) is 9.69 Å². The molecule has 1 amide bonds. The number of aliphatic hydroxyl groups is 1. The normalized spacial score (nSPS) is 19.8.